The van der Waals surface area contributed by atoms with E-state index in [0.29, 0.717) is 11.3 Å². The number of carbonyl (C=O) groups excluding carboxylic acids is 1. The molecule has 1 aromatic heterocycles. The fraction of sp³-hybridized carbons (Fsp3) is 0.312. The molecule has 1 aromatic carbocycles. The molecule has 0 saturated carbocycles. The van der Waals surface area contributed by atoms with E-state index in [9.17, 15) is 4.79 Å². The van der Waals surface area contributed by atoms with Crippen LogP contribution in [0.1, 0.15) is 28.7 Å². The van der Waals surface area contributed by atoms with Crippen molar-refractivity contribution in [2.24, 2.45) is 0 Å². The maximum atomic E-state index is 11.9. The second-order valence-electron chi connectivity index (χ2n) is 4.75. The number of ketones is 1. The molecule has 2 aromatic rings. The maximum absolute atomic E-state index is 11.9. The third-order valence-electron chi connectivity index (χ3n) is 3.41. The van der Waals surface area contributed by atoms with Crippen molar-refractivity contribution in [1.82, 2.24) is 4.98 Å². The molecule has 0 spiro atoms. The van der Waals surface area contributed by atoms with Gasteiger partial charge in [-0.1, -0.05) is 0 Å². The molecule has 4 nitrogen and oxygen atoms in total. The Kier molecular flexibility index (Phi) is 3.84. The summed E-state index contributed by atoms with van der Waals surface area (Å²) >= 11 is 0. The van der Waals surface area contributed by atoms with E-state index in [-0.39, 0.29) is 5.78 Å². The molecule has 20 heavy (non-hydrogen) atoms. The number of nitrogens with one attached hydrogen (secondary N) is 1. The van der Waals surface area contributed by atoms with Gasteiger partial charge in [0.15, 0.2) is 5.78 Å². The van der Waals surface area contributed by atoms with Gasteiger partial charge in [-0.3, -0.25) is 4.79 Å². The predicted octanol–water partition coefficient (Wildman–Crippen LogP) is 3.52. The van der Waals surface area contributed by atoms with Crippen molar-refractivity contribution in [2.75, 3.05) is 14.2 Å². The van der Waals surface area contributed by atoms with Gasteiger partial charge in [0.2, 0.25) is 0 Å². The molecule has 0 unspecified atom stereocenters. The Morgan fingerprint density at radius 2 is 1.80 bits per heavy atom. The number of aromatic amines is 1. The fourth-order valence-corrected chi connectivity index (χ4v) is 2.56. The van der Waals surface area contributed by atoms with E-state index in [1.807, 2.05) is 32.0 Å². The Morgan fingerprint density at radius 3 is 2.35 bits per heavy atom. The summed E-state index contributed by atoms with van der Waals surface area (Å²) < 4.78 is 10.6. The zero-order valence-corrected chi connectivity index (χ0v) is 12.5. The Morgan fingerprint density at radius 1 is 1.10 bits per heavy atom. The summed E-state index contributed by atoms with van der Waals surface area (Å²) in [7, 11) is 3.22. The molecule has 1 heterocycles. The molecular weight excluding hydrogens is 254 g/mol. The van der Waals surface area contributed by atoms with Crippen LogP contribution < -0.4 is 9.47 Å². The van der Waals surface area contributed by atoms with Gasteiger partial charge in [0.05, 0.1) is 14.2 Å². The smallest absolute Gasteiger partial charge is 0.162 e. The van der Waals surface area contributed by atoms with Gasteiger partial charge in [0.25, 0.3) is 0 Å². The van der Waals surface area contributed by atoms with Crippen LogP contribution in [0.25, 0.3) is 11.1 Å². The van der Waals surface area contributed by atoms with Crippen molar-refractivity contribution >= 4 is 5.78 Å². The average molecular weight is 273 g/mol. The van der Waals surface area contributed by atoms with Crippen LogP contribution in [0.4, 0.5) is 0 Å². The van der Waals surface area contributed by atoms with Crippen molar-refractivity contribution in [2.45, 2.75) is 20.8 Å². The Hall–Kier alpha value is -2.23. The summed E-state index contributed by atoms with van der Waals surface area (Å²) in [5, 5.41) is 0. The minimum atomic E-state index is 0.0414. The number of Topliss-reactive ketones (excluding diaryl/α,β-unsaturated/α-hetero) is 1. The van der Waals surface area contributed by atoms with Gasteiger partial charge in [-0.05, 0) is 32.9 Å². The minimum Gasteiger partial charge on any atom is -0.497 e. The van der Waals surface area contributed by atoms with Gasteiger partial charge < -0.3 is 14.5 Å². The number of benzene rings is 1. The number of H-pyrrole nitrogens is 1. The zero-order chi connectivity index (χ0) is 14.9. The lowest BCUT2D eigenvalue weighted by Crippen LogP contribution is -1.97. The van der Waals surface area contributed by atoms with E-state index < -0.39 is 0 Å². The zero-order valence-electron chi connectivity index (χ0n) is 12.5. The molecular formula is C16H19NO3. The first-order valence-corrected chi connectivity index (χ1v) is 6.42. The molecule has 0 bridgehead atoms. The fourth-order valence-electron chi connectivity index (χ4n) is 2.56. The Bertz CT molecular complexity index is 656. The number of aryl methyl sites for hydroxylation is 2. The highest BCUT2D eigenvalue weighted by molar-refractivity contribution is 6.03. The highest BCUT2D eigenvalue weighted by atomic mass is 16.5. The lowest BCUT2D eigenvalue weighted by atomic mass is 9.97. The lowest BCUT2D eigenvalue weighted by molar-refractivity contribution is 0.101. The van der Waals surface area contributed by atoms with Gasteiger partial charge in [0.1, 0.15) is 11.5 Å². The largest absolute Gasteiger partial charge is 0.497 e. The normalized spacial score (nSPS) is 10.4. The lowest BCUT2D eigenvalue weighted by Gasteiger charge is -2.11. The van der Waals surface area contributed by atoms with E-state index in [4.69, 9.17) is 9.47 Å². The highest BCUT2D eigenvalue weighted by Crippen LogP contribution is 2.38. The van der Waals surface area contributed by atoms with Gasteiger partial charge in [0, 0.05) is 34.1 Å². The standard InChI is InChI=1S/C16H19NO3/c1-9-15(11(3)18)16(10(2)17-9)13-7-6-12(19-4)8-14(13)20-5/h6-8,17H,1-5H3. The maximum Gasteiger partial charge on any atom is 0.162 e. The minimum absolute atomic E-state index is 0.0414. The SMILES string of the molecule is COc1ccc(-c2c(C)[nH]c(C)c2C(C)=O)c(OC)c1. The third kappa shape index (κ3) is 2.29. The molecule has 106 valence electrons. The first-order valence-electron chi connectivity index (χ1n) is 6.42. The summed E-state index contributed by atoms with van der Waals surface area (Å²) in [6, 6.07) is 5.60. The molecule has 0 aliphatic rings. The monoisotopic (exact) mass is 273 g/mol. The number of rotatable bonds is 4. The number of hydrogen-bond acceptors (Lipinski definition) is 3. The summed E-state index contributed by atoms with van der Waals surface area (Å²) in [5.74, 6) is 1.45. The van der Waals surface area contributed by atoms with Crippen molar-refractivity contribution in [3.8, 4) is 22.6 Å². The van der Waals surface area contributed by atoms with Crippen LogP contribution in [-0.4, -0.2) is 25.0 Å². The number of methoxy groups -OCH3 is 2. The molecule has 0 aliphatic heterocycles. The van der Waals surface area contributed by atoms with Crippen LogP contribution in [0, 0.1) is 13.8 Å². The third-order valence-corrected chi connectivity index (χ3v) is 3.41. The second-order valence-corrected chi connectivity index (χ2v) is 4.75. The molecule has 0 saturated heterocycles. The second kappa shape index (κ2) is 5.41. The molecule has 0 atom stereocenters. The van der Waals surface area contributed by atoms with Crippen LogP contribution in [0.3, 0.4) is 0 Å². The Balaban J connectivity index is 2.71. The van der Waals surface area contributed by atoms with Crippen LogP contribution in [0.5, 0.6) is 11.5 Å². The molecule has 4 heteroatoms. The molecule has 0 aliphatic carbocycles. The number of hydrogen-bond donors (Lipinski definition) is 1. The van der Waals surface area contributed by atoms with Crippen LogP contribution in [0.15, 0.2) is 18.2 Å². The van der Waals surface area contributed by atoms with E-state index in [1.54, 1.807) is 21.1 Å². The van der Waals surface area contributed by atoms with Crippen molar-refractivity contribution in [1.29, 1.82) is 0 Å². The predicted molar refractivity (Wildman–Crippen MR) is 78.8 cm³/mol. The molecule has 2 rings (SSSR count). The average Bonchev–Trinajstić information content (AvgIpc) is 2.72. The van der Waals surface area contributed by atoms with Crippen molar-refractivity contribution < 1.29 is 14.3 Å². The van der Waals surface area contributed by atoms with E-state index >= 15 is 0 Å². The molecule has 0 radical (unpaired) electrons. The van der Waals surface area contributed by atoms with Crippen LogP contribution in [-0.2, 0) is 0 Å². The van der Waals surface area contributed by atoms with Crippen LogP contribution >= 0.6 is 0 Å². The van der Waals surface area contributed by atoms with Gasteiger partial charge in [-0.2, -0.15) is 0 Å². The summed E-state index contributed by atoms with van der Waals surface area (Å²) in [4.78, 5) is 15.1. The van der Waals surface area contributed by atoms with Gasteiger partial charge in [-0.25, -0.2) is 0 Å². The topological polar surface area (TPSA) is 51.3 Å². The summed E-state index contributed by atoms with van der Waals surface area (Å²) in [6.07, 6.45) is 0. The summed E-state index contributed by atoms with van der Waals surface area (Å²) in [5.41, 5.74) is 4.33. The first kappa shape index (κ1) is 14.2. The van der Waals surface area contributed by atoms with E-state index in [1.165, 1.54) is 0 Å². The summed E-state index contributed by atoms with van der Waals surface area (Å²) in [6.45, 7) is 5.44. The molecule has 0 amide bonds. The van der Waals surface area contributed by atoms with Gasteiger partial charge >= 0.3 is 0 Å². The highest BCUT2D eigenvalue weighted by Gasteiger charge is 2.20. The van der Waals surface area contributed by atoms with E-state index in [0.717, 1.165) is 28.3 Å². The van der Waals surface area contributed by atoms with Crippen LogP contribution in [0.2, 0.25) is 0 Å². The van der Waals surface area contributed by atoms with E-state index in [2.05, 4.69) is 4.98 Å². The quantitative estimate of drug-likeness (QED) is 0.867. The number of aromatic nitrogens is 1. The molecule has 0 fully saturated rings. The number of ether oxygens (including phenoxy) is 2. The number of carbonyl (C=O) groups is 1. The first-order chi connectivity index (χ1) is 9.49. The molecule has 1 N–H and O–H groups in total. The Labute approximate surface area is 118 Å². The van der Waals surface area contributed by atoms with Crippen molar-refractivity contribution in [3.63, 3.8) is 0 Å². The van der Waals surface area contributed by atoms with Crippen molar-refractivity contribution in [3.05, 3.63) is 35.2 Å². The van der Waals surface area contributed by atoms with Gasteiger partial charge in [-0.15, -0.1) is 0 Å².